The zero-order chi connectivity index (χ0) is 11.5. The predicted octanol–water partition coefficient (Wildman–Crippen LogP) is 0.678. The molecular formula is C9H15N3O2S. The Balaban J connectivity index is 3.36. The maximum absolute atomic E-state index is 11.7. The molecule has 3 N–H and O–H groups in total. The molecule has 5 nitrogen and oxygen atoms in total. The summed E-state index contributed by atoms with van der Waals surface area (Å²) in [5.74, 6) is 0. The Hall–Kier alpha value is -1.27. The summed E-state index contributed by atoms with van der Waals surface area (Å²) in [4.78, 5) is 0.236. The Morgan fingerprint density at radius 2 is 1.73 bits per heavy atom. The van der Waals surface area contributed by atoms with Gasteiger partial charge < -0.3 is 10.6 Å². The van der Waals surface area contributed by atoms with E-state index in [0.29, 0.717) is 5.69 Å². The summed E-state index contributed by atoms with van der Waals surface area (Å²) < 4.78 is 25.6. The number of hydrogen-bond donors (Lipinski definition) is 3. The number of nitrogens with one attached hydrogen (secondary N) is 3. The third-order valence-corrected chi connectivity index (χ3v) is 3.55. The average molecular weight is 229 g/mol. The van der Waals surface area contributed by atoms with Gasteiger partial charge >= 0.3 is 0 Å². The van der Waals surface area contributed by atoms with Crippen molar-refractivity contribution in [3.05, 3.63) is 18.2 Å². The number of anilines is 2. The number of benzene rings is 1. The van der Waals surface area contributed by atoms with Gasteiger partial charge in [-0.25, -0.2) is 13.1 Å². The standard InChI is InChI=1S/C9H15N3O2S/c1-10-7-4-5-8(11-2)9(6-7)15(13,14)12-3/h4-6,10-12H,1-3H3. The molecule has 0 heterocycles. The normalized spacial score (nSPS) is 11.1. The number of hydrogen-bond acceptors (Lipinski definition) is 4. The number of rotatable bonds is 4. The SMILES string of the molecule is CNc1ccc(NC)c(S(=O)(=O)NC)c1. The fourth-order valence-electron chi connectivity index (χ4n) is 1.22. The lowest BCUT2D eigenvalue weighted by molar-refractivity contribution is 0.588. The summed E-state index contributed by atoms with van der Waals surface area (Å²) in [6, 6.07) is 5.11. The first kappa shape index (κ1) is 11.8. The minimum atomic E-state index is -3.43. The zero-order valence-corrected chi connectivity index (χ0v) is 9.77. The van der Waals surface area contributed by atoms with Crippen LogP contribution in [0.4, 0.5) is 11.4 Å². The molecule has 0 spiro atoms. The lowest BCUT2D eigenvalue weighted by atomic mass is 10.3. The Kier molecular flexibility index (Phi) is 3.54. The lowest BCUT2D eigenvalue weighted by Gasteiger charge is -2.11. The van der Waals surface area contributed by atoms with E-state index in [2.05, 4.69) is 15.4 Å². The Bertz CT molecular complexity index is 443. The molecule has 1 rings (SSSR count). The van der Waals surface area contributed by atoms with E-state index in [-0.39, 0.29) is 4.90 Å². The summed E-state index contributed by atoms with van der Waals surface area (Å²) in [6.45, 7) is 0. The average Bonchev–Trinajstić information content (AvgIpc) is 2.28. The van der Waals surface area contributed by atoms with Crippen LogP contribution in [0.1, 0.15) is 0 Å². The van der Waals surface area contributed by atoms with Gasteiger partial charge in [-0.15, -0.1) is 0 Å². The van der Waals surface area contributed by atoms with Crippen molar-refractivity contribution in [2.24, 2.45) is 0 Å². The van der Waals surface area contributed by atoms with E-state index >= 15 is 0 Å². The highest BCUT2D eigenvalue weighted by atomic mass is 32.2. The monoisotopic (exact) mass is 229 g/mol. The van der Waals surface area contributed by atoms with Gasteiger partial charge in [0.05, 0.1) is 5.69 Å². The largest absolute Gasteiger partial charge is 0.388 e. The molecule has 1 aromatic rings. The minimum Gasteiger partial charge on any atom is -0.388 e. The van der Waals surface area contributed by atoms with E-state index in [0.717, 1.165) is 5.69 Å². The van der Waals surface area contributed by atoms with Crippen LogP contribution in [0.15, 0.2) is 23.1 Å². The van der Waals surface area contributed by atoms with Crippen molar-refractivity contribution in [3.63, 3.8) is 0 Å². The molecule has 0 unspecified atom stereocenters. The Labute approximate surface area is 89.9 Å². The molecule has 1 aromatic carbocycles. The Morgan fingerprint density at radius 1 is 1.07 bits per heavy atom. The van der Waals surface area contributed by atoms with Gasteiger partial charge in [0, 0.05) is 19.8 Å². The van der Waals surface area contributed by atoms with Gasteiger partial charge in [-0.3, -0.25) is 0 Å². The highest BCUT2D eigenvalue weighted by Crippen LogP contribution is 2.24. The van der Waals surface area contributed by atoms with Gasteiger partial charge in [-0.05, 0) is 25.2 Å². The van der Waals surface area contributed by atoms with Crippen molar-refractivity contribution >= 4 is 21.4 Å². The van der Waals surface area contributed by atoms with E-state index in [1.165, 1.54) is 7.05 Å². The second-order valence-electron chi connectivity index (χ2n) is 2.92. The highest BCUT2D eigenvalue weighted by Gasteiger charge is 2.16. The maximum Gasteiger partial charge on any atom is 0.242 e. The molecule has 0 aliphatic rings. The van der Waals surface area contributed by atoms with Crippen molar-refractivity contribution in [2.45, 2.75) is 4.90 Å². The van der Waals surface area contributed by atoms with E-state index in [1.807, 2.05) is 0 Å². The molecule has 0 aliphatic heterocycles. The van der Waals surface area contributed by atoms with Gasteiger partial charge in [0.25, 0.3) is 0 Å². The van der Waals surface area contributed by atoms with Crippen molar-refractivity contribution in [1.29, 1.82) is 0 Å². The third kappa shape index (κ3) is 2.40. The molecule has 0 aromatic heterocycles. The molecule has 0 fully saturated rings. The van der Waals surface area contributed by atoms with Crippen LogP contribution in [-0.2, 0) is 10.0 Å². The van der Waals surface area contributed by atoms with Gasteiger partial charge in [-0.2, -0.15) is 0 Å². The van der Waals surface area contributed by atoms with Crippen LogP contribution in [0.5, 0.6) is 0 Å². The van der Waals surface area contributed by atoms with Crippen LogP contribution in [0, 0.1) is 0 Å². The van der Waals surface area contributed by atoms with Gasteiger partial charge in [-0.1, -0.05) is 0 Å². The van der Waals surface area contributed by atoms with Crippen molar-refractivity contribution in [2.75, 3.05) is 31.8 Å². The fourth-order valence-corrected chi connectivity index (χ4v) is 2.18. The molecule has 0 aliphatic carbocycles. The van der Waals surface area contributed by atoms with Crippen LogP contribution in [0.3, 0.4) is 0 Å². The second kappa shape index (κ2) is 4.50. The predicted molar refractivity (Wildman–Crippen MR) is 61.8 cm³/mol. The van der Waals surface area contributed by atoms with Gasteiger partial charge in [0.2, 0.25) is 10.0 Å². The van der Waals surface area contributed by atoms with E-state index in [1.54, 1.807) is 32.3 Å². The zero-order valence-electron chi connectivity index (χ0n) is 8.96. The molecule has 15 heavy (non-hydrogen) atoms. The first-order chi connectivity index (χ1) is 7.05. The number of sulfonamides is 1. The van der Waals surface area contributed by atoms with Crippen molar-refractivity contribution in [1.82, 2.24) is 4.72 Å². The smallest absolute Gasteiger partial charge is 0.242 e. The third-order valence-electron chi connectivity index (χ3n) is 2.10. The highest BCUT2D eigenvalue weighted by molar-refractivity contribution is 7.89. The van der Waals surface area contributed by atoms with Crippen molar-refractivity contribution in [3.8, 4) is 0 Å². The first-order valence-corrected chi connectivity index (χ1v) is 5.96. The summed E-state index contributed by atoms with van der Waals surface area (Å²) >= 11 is 0. The quantitative estimate of drug-likeness (QED) is 0.710. The van der Waals surface area contributed by atoms with Crippen LogP contribution in [0.25, 0.3) is 0 Å². The molecule has 0 bridgehead atoms. The van der Waals surface area contributed by atoms with Crippen LogP contribution in [0.2, 0.25) is 0 Å². The molecule has 0 saturated carbocycles. The lowest BCUT2D eigenvalue weighted by Crippen LogP contribution is -2.20. The molecule has 84 valence electrons. The van der Waals surface area contributed by atoms with Crippen LogP contribution in [-0.4, -0.2) is 29.6 Å². The van der Waals surface area contributed by atoms with Crippen LogP contribution < -0.4 is 15.4 Å². The molecule has 0 saturated heterocycles. The molecule has 0 amide bonds. The molecule has 6 heteroatoms. The van der Waals surface area contributed by atoms with Gasteiger partial charge in [0.15, 0.2) is 0 Å². The topological polar surface area (TPSA) is 70.2 Å². The molecule has 0 atom stereocenters. The maximum atomic E-state index is 11.7. The summed E-state index contributed by atoms with van der Waals surface area (Å²) in [5.41, 5.74) is 1.33. The van der Waals surface area contributed by atoms with Crippen molar-refractivity contribution < 1.29 is 8.42 Å². The summed E-state index contributed by atoms with van der Waals surface area (Å²) in [5, 5.41) is 5.74. The second-order valence-corrected chi connectivity index (χ2v) is 4.77. The van der Waals surface area contributed by atoms with E-state index in [4.69, 9.17) is 0 Å². The fraction of sp³-hybridized carbons (Fsp3) is 0.333. The molecular weight excluding hydrogens is 214 g/mol. The van der Waals surface area contributed by atoms with Crippen LogP contribution >= 0.6 is 0 Å². The summed E-state index contributed by atoms with van der Waals surface area (Å²) in [6.07, 6.45) is 0. The summed E-state index contributed by atoms with van der Waals surface area (Å²) in [7, 11) is 1.39. The molecule has 0 radical (unpaired) electrons. The van der Waals surface area contributed by atoms with E-state index < -0.39 is 10.0 Å². The minimum absolute atomic E-state index is 0.236. The van der Waals surface area contributed by atoms with E-state index in [9.17, 15) is 8.42 Å². The first-order valence-electron chi connectivity index (χ1n) is 4.48. The van der Waals surface area contributed by atoms with Gasteiger partial charge in [0.1, 0.15) is 4.90 Å². The Morgan fingerprint density at radius 3 is 2.20 bits per heavy atom.